The van der Waals surface area contributed by atoms with Crippen molar-refractivity contribution in [3.8, 4) is 0 Å². The number of rotatable bonds is 7. The van der Waals surface area contributed by atoms with Crippen molar-refractivity contribution in [2.75, 3.05) is 53.0 Å². The van der Waals surface area contributed by atoms with Crippen LogP contribution in [0.25, 0.3) is 0 Å². The van der Waals surface area contributed by atoms with Crippen LogP contribution in [0.1, 0.15) is 39.5 Å². The summed E-state index contributed by atoms with van der Waals surface area (Å²) in [4.78, 5) is 17.8. The van der Waals surface area contributed by atoms with Gasteiger partial charge in [0.25, 0.3) is 0 Å². The van der Waals surface area contributed by atoms with Crippen LogP contribution in [0.2, 0.25) is 0 Å². The second-order valence-electron chi connectivity index (χ2n) is 7.00. The quantitative estimate of drug-likeness (QED) is 0.772. The topological polar surface area (TPSA) is 44.8 Å². The first-order valence-corrected chi connectivity index (χ1v) is 9.46. The summed E-state index contributed by atoms with van der Waals surface area (Å²) in [5.74, 6) is 1.54. The minimum absolute atomic E-state index is 0.0507. The number of hydrogen-bond acceptors (Lipinski definition) is 4. The lowest BCUT2D eigenvalue weighted by Gasteiger charge is -2.42. The molecule has 134 valence electrons. The molecule has 2 rings (SSSR count). The molecule has 2 saturated heterocycles. The Kier molecular flexibility index (Phi) is 7.80. The van der Waals surface area contributed by atoms with Gasteiger partial charge in [-0.15, -0.1) is 0 Å². The van der Waals surface area contributed by atoms with Crippen LogP contribution >= 0.6 is 0 Å². The normalized spacial score (nSPS) is 22.5. The molecule has 2 heterocycles. The number of likely N-dealkylation sites (tertiary alicyclic amines) is 1. The summed E-state index contributed by atoms with van der Waals surface area (Å²) in [7, 11) is 2.01. The number of piperidine rings is 1. The second-order valence-corrected chi connectivity index (χ2v) is 7.00. The molecule has 1 amide bonds. The maximum Gasteiger partial charge on any atom is 0.240 e. The molecule has 5 nitrogen and oxygen atoms in total. The van der Waals surface area contributed by atoms with E-state index >= 15 is 0 Å². The third-order valence-electron chi connectivity index (χ3n) is 5.61. The summed E-state index contributed by atoms with van der Waals surface area (Å²) in [5.41, 5.74) is 0. The third-order valence-corrected chi connectivity index (χ3v) is 5.61. The van der Waals surface area contributed by atoms with Crippen molar-refractivity contribution in [3.05, 3.63) is 0 Å². The van der Waals surface area contributed by atoms with Gasteiger partial charge >= 0.3 is 0 Å². The maximum absolute atomic E-state index is 13.2. The molecule has 1 unspecified atom stereocenters. The van der Waals surface area contributed by atoms with E-state index in [4.69, 9.17) is 4.74 Å². The first-order chi connectivity index (χ1) is 11.2. The van der Waals surface area contributed by atoms with Gasteiger partial charge in [-0.1, -0.05) is 26.7 Å². The molecule has 1 N–H and O–H groups in total. The molecule has 0 saturated carbocycles. The van der Waals surface area contributed by atoms with Crippen LogP contribution in [-0.4, -0.2) is 74.7 Å². The standard InChI is InChI=1S/C18H35N3O2/c1-4-16(5-2)17(20-10-12-23-13-11-20)18(22)21-8-6-15(7-9-21)14-19-3/h15-17,19H,4-14H2,1-3H3. The molecule has 0 aromatic rings. The lowest BCUT2D eigenvalue weighted by Crippen LogP contribution is -2.56. The van der Waals surface area contributed by atoms with Crippen LogP contribution < -0.4 is 5.32 Å². The third kappa shape index (κ3) is 4.91. The van der Waals surface area contributed by atoms with E-state index in [2.05, 4.69) is 29.0 Å². The SMILES string of the molecule is CCC(CC)C(C(=O)N1CCC(CNC)CC1)N1CCOCC1. The molecule has 0 radical (unpaired) electrons. The molecule has 0 aliphatic carbocycles. The molecule has 2 fully saturated rings. The Balaban J connectivity index is 2.01. The fraction of sp³-hybridized carbons (Fsp3) is 0.944. The minimum atomic E-state index is 0.0507. The van der Waals surface area contributed by atoms with Crippen molar-refractivity contribution in [2.24, 2.45) is 11.8 Å². The molecule has 1 atom stereocenters. The molecule has 0 aromatic heterocycles. The molecule has 2 aliphatic rings. The Morgan fingerprint density at radius 1 is 1.13 bits per heavy atom. The summed E-state index contributed by atoms with van der Waals surface area (Å²) >= 11 is 0. The van der Waals surface area contributed by atoms with E-state index < -0.39 is 0 Å². The molecule has 0 spiro atoms. The minimum Gasteiger partial charge on any atom is -0.379 e. The van der Waals surface area contributed by atoms with Crippen molar-refractivity contribution in [1.82, 2.24) is 15.1 Å². The zero-order chi connectivity index (χ0) is 16.7. The Hall–Kier alpha value is -0.650. The highest BCUT2D eigenvalue weighted by atomic mass is 16.5. The van der Waals surface area contributed by atoms with Gasteiger partial charge in [0.2, 0.25) is 5.91 Å². The summed E-state index contributed by atoms with van der Waals surface area (Å²) in [6.07, 6.45) is 4.40. The number of ether oxygens (including phenoxy) is 1. The van der Waals surface area contributed by atoms with Crippen molar-refractivity contribution in [3.63, 3.8) is 0 Å². The van der Waals surface area contributed by atoms with E-state index in [1.54, 1.807) is 0 Å². The molecule has 2 aliphatic heterocycles. The van der Waals surface area contributed by atoms with Gasteiger partial charge in [-0.25, -0.2) is 0 Å². The Labute approximate surface area is 141 Å². The van der Waals surface area contributed by atoms with Crippen molar-refractivity contribution < 1.29 is 9.53 Å². The lowest BCUT2D eigenvalue weighted by molar-refractivity contribution is -0.143. The van der Waals surface area contributed by atoms with E-state index in [0.29, 0.717) is 11.8 Å². The fourth-order valence-corrected chi connectivity index (χ4v) is 4.08. The van der Waals surface area contributed by atoms with Crippen LogP contribution in [0.3, 0.4) is 0 Å². The van der Waals surface area contributed by atoms with Gasteiger partial charge in [-0.2, -0.15) is 0 Å². The number of carbonyl (C=O) groups is 1. The molecular weight excluding hydrogens is 290 g/mol. The lowest BCUT2D eigenvalue weighted by atomic mass is 9.90. The molecule has 23 heavy (non-hydrogen) atoms. The first-order valence-electron chi connectivity index (χ1n) is 9.46. The number of morpholine rings is 1. The Morgan fingerprint density at radius 3 is 2.26 bits per heavy atom. The van der Waals surface area contributed by atoms with Gasteiger partial charge in [-0.3, -0.25) is 9.69 Å². The number of nitrogens with one attached hydrogen (secondary N) is 1. The smallest absolute Gasteiger partial charge is 0.240 e. The average Bonchev–Trinajstić information content (AvgIpc) is 2.60. The summed E-state index contributed by atoms with van der Waals surface area (Å²) in [6.45, 7) is 10.6. The van der Waals surface area contributed by atoms with Crippen LogP contribution in [-0.2, 0) is 9.53 Å². The molecule has 0 bridgehead atoms. The van der Waals surface area contributed by atoms with Crippen molar-refractivity contribution >= 4 is 5.91 Å². The van der Waals surface area contributed by atoms with E-state index in [-0.39, 0.29) is 6.04 Å². The Bertz CT molecular complexity index is 346. The fourth-order valence-electron chi connectivity index (χ4n) is 4.08. The highest BCUT2D eigenvalue weighted by molar-refractivity contribution is 5.82. The van der Waals surface area contributed by atoms with Gasteiger partial charge < -0.3 is 15.0 Å². The predicted molar refractivity (Wildman–Crippen MR) is 93.5 cm³/mol. The number of nitrogens with zero attached hydrogens (tertiary/aromatic N) is 2. The predicted octanol–water partition coefficient (Wildman–Crippen LogP) is 1.58. The largest absolute Gasteiger partial charge is 0.379 e. The van der Waals surface area contributed by atoms with Crippen molar-refractivity contribution in [1.29, 1.82) is 0 Å². The molecule has 0 aromatic carbocycles. The summed E-state index contributed by atoms with van der Waals surface area (Å²) in [6, 6.07) is 0.0507. The van der Waals surface area contributed by atoms with Crippen LogP contribution in [0.5, 0.6) is 0 Å². The van der Waals surface area contributed by atoms with E-state index in [0.717, 1.165) is 77.5 Å². The Morgan fingerprint density at radius 2 is 1.74 bits per heavy atom. The van der Waals surface area contributed by atoms with Gasteiger partial charge in [-0.05, 0) is 38.3 Å². The average molecular weight is 325 g/mol. The molecule has 5 heteroatoms. The first kappa shape index (κ1) is 18.7. The van der Waals surface area contributed by atoms with E-state index in [1.807, 2.05) is 7.05 Å². The van der Waals surface area contributed by atoms with Crippen LogP contribution in [0.15, 0.2) is 0 Å². The van der Waals surface area contributed by atoms with E-state index in [1.165, 1.54) is 0 Å². The molecular formula is C18H35N3O2. The summed E-state index contributed by atoms with van der Waals surface area (Å²) < 4.78 is 5.49. The van der Waals surface area contributed by atoms with Gasteiger partial charge in [0.05, 0.1) is 19.3 Å². The van der Waals surface area contributed by atoms with Gasteiger partial charge in [0, 0.05) is 26.2 Å². The second kappa shape index (κ2) is 9.60. The summed E-state index contributed by atoms with van der Waals surface area (Å²) in [5, 5.41) is 3.27. The number of carbonyl (C=O) groups excluding carboxylic acids is 1. The van der Waals surface area contributed by atoms with Gasteiger partial charge in [0.15, 0.2) is 0 Å². The highest BCUT2D eigenvalue weighted by Crippen LogP contribution is 2.25. The van der Waals surface area contributed by atoms with Crippen LogP contribution in [0.4, 0.5) is 0 Å². The van der Waals surface area contributed by atoms with Crippen molar-refractivity contribution in [2.45, 2.75) is 45.6 Å². The van der Waals surface area contributed by atoms with Crippen LogP contribution in [0, 0.1) is 11.8 Å². The number of amides is 1. The van der Waals surface area contributed by atoms with E-state index in [9.17, 15) is 4.79 Å². The highest BCUT2D eigenvalue weighted by Gasteiger charge is 2.36. The number of hydrogen-bond donors (Lipinski definition) is 1. The zero-order valence-corrected chi connectivity index (χ0v) is 15.2. The zero-order valence-electron chi connectivity index (χ0n) is 15.2. The monoisotopic (exact) mass is 325 g/mol. The van der Waals surface area contributed by atoms with Gasteiger partial charge in [0.1, 0.15) is 0 Å². The maximum atomic E-state index is 13.2.